The molecule has 0 spiro atoms. The third kappa shape index (κ3) is 6.63. The van der Waals surface area contributed by atoms with E-state index in [1.807, 2.05) is 99.7 Å². The van der Waals surface area contributed by atoms with Crippen molar-refractivity contribution in [3.8, 4) is 5.75 Å². The van der Waals surface area contributed by atoms with Gasteiger partial charge in [-0.2, -0.15) is 0 Å². The summed E-state index contributed by atoms with van der Waals surface area (Å²) >= 11 is 0. The summed E-state index contributed by atoms with van der Waals surface area (Å²) < 4.78 is 10.3. The summed E-state index contributed by atoms with van der Waals surface area (Å²) in [4.78, 5) is 24.6. The van der Waals surface area contributed by atoms with Crippen LogP contribution >= 0.6 is 0 Å². The van der Waals surface area contributed by atoms with Gasteiger partial charge in [0.2, 0.25) is 0 Å². The van der Waals surface area contributed by atoms with E-state index in [1.54, 1.807) is 19.2 Å². The predicted octanol–water partition coefficient (Wildman–Crippen LogP) is 7.11. The second-order valence-corrected chi connectivity index (χ2v) is 9.16. The van der Waals surface area contributed by atoms with Gasteiger partial charge in [-0.15, -0.1) is 0 Å². The highest BCUT2D eigenvalue weighted by molar-refractivity contribution is 5.90. The van der Waals surface area contributed by atoms with E-state index in [4.69, 9.17) is 9.47 Å². The summed E-state index contributed by atoms with van der Waals surface area (Å²) in [6.45, 7) is 5.59. The van der Waals surface area contributed by atoms with Crippen LogP contribution in [-0.4, -0.2) is 36.9 Å². The molecular formula is C30H31NO5. The largest absolute Gasteiger partial charge is 0.496 e. The number of rotatable bonds is 7. The SMILES string of the molecule is COC(=O)c1ccc(C=Cc2ccc(C=Cc3ccc(N(C(=O)O)C(C)(C)C)cc3)c(OC)c2)cc1. The minimum atomic E-state index is -0.983. The lowest BCUT2D eigenvalue weighted by Crippen LogP contribution is -2.45. The van der Waals surface area contributed by atoms with Crippen LogP contribution in [0.5, 0.6) is 5.75 Å². The van der Waals surface area contributed by atoms with Crippen LogP contribution < -0.4 is 9.64 Å². The fourth-order valence-corrected chi connectivity index (χ4v) is 3.71. The molecule has 3 rings (SSSR count). The Labute approximate surface area is 212 Å². The van der Waals surface area contributed by atoms with Crippen LogP contribution in [-0.2, 0) is 4.74 Å². The summed E-state index contributed by atoms with van der Waals surface area (Å²) in [6.07, 6.45) is 6.88. The number of hydrogen-bond donors (Lipinski definition) is 1. The van der Waals surface area contributed by atoms with Crippen molar-refractivity contribution < 1.29 is 24.2 Å². The summed E-state index contributed by atoms with van der Waals surface area (Å²) in [7, 11) is 2.99. The molecule has 0 bridgehead atoms. The third-order valence-corrected chi connectivity index (χ3v) is 5.53. The number of carboxylic acid groups (broad SMARTS) is 1. The first-order chi connectivity index (χ1) is 17.1. The first kappa shape index (κ1) is 26.3. The number of esters is 1. The van der Waals surface area contributed by atoms with Crippen LogP contribution in [0.3, 0.4) is 0 Å². The Kier molecular flexibility index (Phi) is 8.33. The Hall–Kier alpha value is -4.32. The molecule has 0 aromatic heterocycles. The van der Waals surface area contributed by atoms with Gasteiger partial charge in [0.05, 0.1) is 19.8 Å². The number of nitrogens with zero attached hydrogens (tertiary/aromatic N) is 1. The molecule has 1 N–H and O–H groups in total. The molecule has 6 nitrogen and oxygen atoms in total. The molecule has 0 aliphatic heterocycles. The number of hydrogen-bond acceptors (Lipinski definition) is 4. The molecule has 3 aromatic carbocycles. The normalized spacial score (nSPS) is 11.6. The second-order valence-electron chi connectivity index (χ2n) is 9.16. The van der Waals surface area contributed by atoms with E-state index >= 15 is 0 Å². The summed E-state index contributed by atoms with van der Waals surface area (Å²) in [5.74, 6) is 0.373. The van der Waals surface area contributed by atoms with Gasteiger partial charge in [-0.1, -0.05) is 60.7 Å². The zero-order valence-electron chi connectivity index (χ0n) is 21.2. The van der Waals surface area contributed by atoms with Crippen molar-refractivity contribution in [3.63, 3.8) is 0 Å². The van der Waals surface area contributed by atoms with Crippen LogP contribution in [0.25, 0.3) is 24.3 Å². The number of benzene rings is 3. The zero-order chi connectivity index (χ0) is 26.3. The van der Waals surface area contributed by atoms with Crippen molar-refractivity contribution in [1.29, 1.82) is 0 Å². The highest BCUT2D eigenvalue weighted by Gasteiger charge is 2.27. The van der Waals surface area contributed by atoms with E-state index in [1.165, 1.54) is 12.0 Å². The Balaban J connectivity index is 1.74. The number of anilines is 1. The molecule has 0 saturated carbocycles. The molecule has 36 heavy (non-hydrogen) atoms. The molecule has 1 amide bonds. The standard InChI is InChI=1S/C30H31NO5/c1-30(2,3)31(29(33)34)26-18-12-22(13-19-26)8-14-24-15-11-23(20-27(24)35-4)7-6-21-9-16-25(17-10-21)28(32)36-5/h6-20H,1-5H3,(H,33,34). The van der Waals surface area contributed by atoms with E-state index in [-0.39, 0.29) is 5.97 Å². The van der Waals surface area contributed by atoms with E-state index < -0.39 is 11.6 Å². The van der Waals surface area contributed by atoms with Gasteiger partial charge in [-0.05, 0) is 67.8 Å². The molecule has 6 heteroatoms. The van der Waals surface area contributed by atoms with Crippen molar-refractivity contribution in [2.24, 2.45) is 0 Å². The molecule has 0 heterocycles. The van der Waals surface area contributed by atoms with Crippen LogP contribution in [0, 0.1) is 0 Å². The van der Waals surface area contributed by atoms with Crippen LogP contribution in [0.15, 0.2) is 66.7 Å². The molecule has 0 atom stereocenters. The van der Waals surface area contributed by atoms with Gasteiger partial charge in [0.15, 0.2) is 0 Å². The van der Waals surface area contributed by atoms with Gasteiger partial charge in [0.1, 0.15) is 5.75 Å². The Morgan fingerprint density at radius 1 is 0.778 bits per heavy atom. The average Bonchev–Trinajstić information content (AvgIpc) is 2.86. The lowest BCUT2D eigenvalue weighted by atomic mass is 10.0. The highest BCUT2D eigenvalue weighted by Crippen LogP contribution is 2.27. The van der Waals surface area contributed by atoms with Crippen molar-refractivity contribution in [2.75, 3.05) is 19.1 Å². The number of amides is 1. The minimum absolute atomic E-state index is 0.359. The van der Waals surface area contributed by atoms with Crippen LogP contribution in [0.2, 0.25) is 0 Å². The van der Waals surface area contributed by atoms with Crippen molar-refractivity contribution in [3.05, 3.63) is 94.5 Å². The molecule has 0 aliphatic rings. The number of carbonyl (C=O) groups excluding carboxylic acids is 1. The van der Waals surface area contributed by atoms with E-state index in [0.717, 1.165) is 28.0 Å². The number of carbonyl (C=O) groups is 2. The quantitative estimate of drug-likeness (QED) is 0.285. The maximum absolute atomic E-state index is 11.7. The van der Waals surface area contributed by atoms with E-state index in [9.17, 15) is 14.7 Å². The van der Waals surface area contributed by atoms with Crippen LogP contribution in [0.1, 0.15) is 53.4 Å². The van der Waals surface area contributed by atoms with Gasteiger partial charge >= 0.3 is 12.1 Å². The fraction of sp³-hybridized carbons (Fsp3) is 0.200. The first-order valence-corrected chi connectivity index (χ1v) is 11.5. The predicted molar refractivity (Wildman–Crippen MR) is 145 cm³/mol. The minimum Gasteiger partial charge on any atom is -0.496 e. The Morgan fingerprint density at radius 3 is 1.83 bits per heavy atom. The third-order valence-electron chi connectivity index (χ3n) is 5.53. The van der Waals surface area contributed by atoms with Gasteiger partial charge in [-0.25, -0.2) is 9.59 Å². The lowest BCUT2D eigenvalue weighted by molar-refractivity contribution is 0.0600. The molecule has 0 fully saturated rings. The lowest BCUT2D eigenvalue weighted by Gasteiger charge is -2.33. The van der Waals surface area contributed by atoms with Gasteiger partial charge in [-0.3, -0.25) is 4.90 Å². The molecule has 0 aliphatic carbocycles. The fourth-order valence-electron chi connectivity index (χ4n) is 3.71. The highest BCUT2D eigenvalue weighted by atomic mass is 16.5. The smallest absolute Gasteiger partial charge is 0.412 e. The zero-order valence-corrected chi connectivity index (χ0v) is 21.2. The maximum Gasteiger partial charge on any atom is 0.412 e. The van der Waals surface area contributed by atoms with Gasteiger partial charge in [0.25, 0.3) is 0 Å². The Morgan fingerprint density at radius 2 is 1.31 bits per heavy atom. The average molecular weight is 486 g/mol. The summed E-state index contributed by atoms with van der Waals surface area (Å²) in [5, 5.41) is 9.58. The monoisotopic (exact) mass is 485 g/mol. The topological polar surface area (TPSA) is 76.1 Å². The maximum atomic E-state index is 11.7. The van der Waals surface area contributed by atoms with Crippen molar-refractivity contribution >= 4 is 42.1 Å². The van der Waals surface area contributed by atoms with E-state index in [2.05, 4.69) is 0 Å². The molecule has 186 valence electrons. The number of methoxy groups -OCH3 is 2. The Bertz CT molecular complexity index is 1270. The first-order valence-electron chi connectivity index (χ1n) is 11.5. The van der Waals surface area contributed by atoms with Crippen LogP contribution in [0.4, 0.5) is 10.5 Å². The molecular weight excluding hydrogens is 454 g/mol. The van der Waals surface area contributed by atoms with Crippen molar-refractivity contribution in [2.45, 2.75) is 26.3 Å². The summed E-state index contributed by atoms with van der Waals surface area (Å²) in [5.41, 5.74) is 4.39. The molecule has 0 radical (unpaired) electrons. The van der Waals surface area contributed by atoms with Gasteiger partial charge in [0, 0.05) is 16.8 Å². The molecule has 0 saturated heterocycles. The number of ether oxygens (including phenoxy) is 2. The second kappa shape index (κ2) is 11.4. The van der Waals surface area contributed by atoms with Crippen molar-refractivity contribution in [1.82, 2.24) is 0 Å². The molecule has 0 unspecified atom stereocenters. The van der Waals surface area contributed by atoms with Gasteiger partial charge < -0.3 is 14.6 Å². The molecule has 3 aromatic rings. The summed E-state index contributed by atoms with van der Waals surface area (Å²) in [6, 6.07) is 20.5. The van der Waals surface area contributed by atoms with E-state index in [0.29, 0.717) is 11.3 Å².